The number of ether oxygens (including phenoxy) is 1. The van der Waals surface area contributed by atoms with Crippen molar-refractivity contribution in [1.82, 2.24) is 4.90 Å². The Morgan fingerprint density at radius 3 is 2.36 bits per heavy atom. The first kappa shape index (κ1) is 10.4. The Balaban J connectivity index is 1.62. The minimum Gasteiger partial charge on any atom is -0.381 e. The van der Waals surface area contributed by atoms with E-state index in [1.807, 2.05) is 0 Å². The number of rotatable bonds is 4. The van der Waals surface area contributed by atoms with E-state index in [1.54, 1.807) is 0 Å². The molecule has 2 heterocycles. The van der Waals surface area contributed by atoms with E-state index in [1.165, 1.54) is 38.9 Å². The van der Waals surface area contributed by atoms with Crippen LogP contribution in [0.25, 0.3) is 0 Å². The SMILES string of the molecule is NCCC1CCN(CC2COC2)CC1. The number of likely N-dealkylation sites (tertiary alicyclic amines) is 1. The summed E-state index contributed by atoms with van der Waals surface area (Å²) in [6.07, 6.45) is 3.93. The standard InChI is InChI=1S/C11H22N2O/c12-4-1-10-2-5-13(6-3-10)7-11-8-14-9-11/h10-11H,1-9,12H2. The lowest BCUT2D eigenvalue weighted by atomic mass is 9.93. The second kappa shape index (κ2) is 5.10. The molecule has 2 aliphatic rings. The van der Waals surface area contributed by atoms with Gasteiger partial charge in [0.15, 0.2) is 0 Å². The highest BCUT2D eigenvalue weighted by atomic mass is 16.5. The Bertz CT molecular complexity index is 163. The second-order valence-corrected chi connectivity index (χ2v) is 4.72. The molecule has 0 spiro atoms. The van der Waals surface area contributed by atoms with E-state index in [0.717, 1.165) is 31.6 Å². The van der Waals surface area contributed by atoms with Crippen molar-refractivity contribution in [3.05, 3.63) is 0 Å². The molecule has 3 heteroatoms. The average Bonchev–Trinajstić information content (AvgIpc) is 2.14. The van der Waals surface area contributed by atoms with Gasteiger partial charge in [-0.25, -0.2) is 0 Å². The molecule has 2 N–H and O–H groups in total. The van der Waals surface area contributed by atoms with Gasteiger partial charge in [-0.1, -0.05) is 0 Å². The number of hydrogen-bond acceptors (Lipinski definition) is 3. The minimum absolute atomic E-state index is 0.820. The number of nitrogens with two attached hydrogens (primary N) is 1. The van der Waals surface area contributed by atoms with Crippen molar-refractivity contribution in [3.63, 3.8) is 0 Å². The highest BCUT2D eigenvalue weighted by molar-refractivity contribution is 4.76. The molecule has 0 aromatic rings. The fourth-order valence-electron chi connectivity index (χ4n) is 2.45. The molecule has 2 rings (SSSR count). The molecular formula is C11H22N2O. The van der Waals surface area contributed by atoms with Crippen molar-refractivity contribution in [2.24, 2.45) is 17.6 Å². The number of hydrogen-bond donors (Lipinski definition) is 1. The van der Waals surface area contributed by atoms with Gasteiger partial charge >= 0.3 is 0 Å². The van der Waals surface area contributed by atoms with Crippen LogP contribution in [0.2, 0.25) is 0 Å². The Morgan fingerprint density at radius 1 is 1.14 bits per heavy atom. The molecule has 0 aliphatic carbocycles. The molecular weight excluding hydrogens is 176 g/mol. The van der Waals surface area contributed by atoms with E-state index in [2.05, 4.69) is 4.90 Å². The first-order valence-electron chi connectivity index (χ1n) is 5.88. The van der Waals surface area contributed by atoms with Crippen LogP contribution in [0.15, 0.2) is 0 Å². The summed E-state index contributed by atoms with van der Waals surface area (Å²) in [4.78, 5) is 2.60. The molecule has 0 amide bonds. The van der Waals surface area contributed by atoms with Crippen molar-refractivity contribution in [3.8, 4) is 0 Å². The Morgan fingerprint density at radius 2 is 1.86 bits per heavy atom. The van der Waals surface area contributed by atoms with E-state index in [4.69, 9.17) is 10.5 Å². The van der Waals surface area contributed by atoms with Crippen LogP contribution in [0.1, 0.15) is 19.3 Å². The van der Waals surface area contributed by atoms with Crippen LogP contribution in [-0.4, -0.2) is 44.3 Å². The summed E-state index contributed by atoms with van der Waals surface area (Å²) in [6.45, 7) is 6.66. The van der Waals surface area contributed by atoms with Crippen LogP contribution in [0, 0.1) is 11.8 Å². The second-order valence-electron chi connectivity index (χ2n) is 4.72. The predicted octanol–water partition coefficient (Wildman–Crippen LogP) is 0.694. The smallest absolute Gasteiger partial charge is 0.0528 e. The first-order valence-corrected chi connectivity index (χ1v) is 5.88. The van der Waals surface area contributed by atoms with E-state index in [9.17, 15) is 0 Å². The van der Waals surface area contributed by atoms with Crippen LogP contribution in [0.5, 0.6) is 0 Å². The van der Waals surface area contributed by atoms with Gasteiger partial charge in [0, 0.05) is 12.5 Å². The minimum atomic E-state index is 0.820. The van der Waals surface area contributed by atoms with Crippen LogP contribution in [0.3, 0.4) is 0 Å². The van der Waals surface area contributed by atoms with E-state index >= 15 is 0 Å². The predicted molar refractivity (Wildman–Crippen MR) is 57.1 cm³/mol. The Labute approximate surface area is 86.6 Å². The lowest BCUT2D eigenvalue weighted by molar-refractivity contribution is -0.0497. The summed E-state index contributed by atoms with van der Waals surface area (Å²) in [5.74, 6) is 1.72. The lowest BCUT2D eigenvalue weighted by Gasteiger charge is -2.36. The van der Waals surface area contributed by atoms with Crippen molar-refractivity contribution >= 4 is 0 Å². The van der Waals surface area contributed by atoms with Crippen molar-refractivity contribution < 1.29 is 4.74 Å². The molecule has 0 atom stereocenters. The normalized spacial score (nSPS) is 26.4. The van der Waals surface area contributed by atoms with Gasteiger partial charge in [-0.05, 0) is 44.8 Å². The van der Waals surface area contributed by atoms with Crippen LogP contribution < -0.4 is 5.73 Å². The highest BCUT2D eigenvalue weighted by Gasteiger charge is 2.24. The summed E-state index contributed by atoms with van der Waals surface area (Å²) in [5.41, 5.74) is 5.58. The van der Waals surface area contributed by atoms with Gasteiger partial charge in [0.1, 0.15) is 0 Å². The van der Waals surface area contributed by atoms with Gasteiger partial charge in [-0.2, -0.15) is 0 Å². The molecule has 14 heavy (non-hydrogen) atoms. The molecule has 0 bridgehead atoms. The molecule has 2 aliphatic heterocycles. The lowest BCUT2D eigenvalue weighted by Crippen LogP contribution is -2.43. The van der Waals surface area contributed by atoms with E-state index in [0.29, 0.717) is 0 Å². The largest absolute Gasteiger partial charge is 0.381 e. The van der Waals surface area contributed by atoms with Crippen LogP contribution in [-0.2, 0) is 4.74 Å². The monoisotopic (exact) mass is 198 g/mol. The Hall–Kier alpha value is -0.120. The van der Waals surface area contributed by atoms with Crippen molar-refractivity contribution in [1.29, 1.82) is 0 Å². The maximum atomic E-state index is 5.58. The summed E-state index contributed by atoms with van der Waals surface area (Å²) in [6, 6.07) is 0. The summed E-state index contributed by atoms with van der Waals surface area (Å²) < 4.78 is 5.19. The van der Waals surface area contributed by atoms with Crippen LogP contribution in [0.4, 0.5) is 0 Å². The van der Waals surface area contributed by atoms with E-state index in [-0.39, 0.29) is 0 Å². The van der Waals surface area contributed by atoms with Crippen molar-refractivity contribution in [2.45, 2.75) is 19.3 Å². The molecule has 0 radical (unpaired) electrons. The summed E-state index contributed by atoms with van der Waals surface area (Å²) in [7, 11) is 0. The molecule has 2 fully saturated rings. The third kappa shape index (κ3) is 2.69. The maximum Gasteiger partial charge on any atom is 0.0528 e. The maximum absolute atomic E-state index is 5.58. The first-order chi connectivity index (χ1) is 6.88. The van der Waals surface area contributed by atoms with Gasteiger partial charge in [0.2, 0.25) is 0 Å². The molecule has 0 aromatic carbocycles. The number of piperidine rings is 1. The fraction of sp³-hybridized carbons (Fsp3) is 1.00. The summed E-state index contributed by atoms with van der Waals surface area (Å²) in [5, 5.41) is 0. The van der Waals surface area contributed by atoms with E-state index < -0.39 is 0 Å². The zero-order chi connectivity index (χ0) is 9.80. The summed E-state index contributed by atoms with van der Waals surface area (Å²) >= 11 is 0. The molecule has 0 unspecified atom stereocenters. The van der Waals surface area contributed by atoms with Gasteiger partial charge in [0.05, 0.1) is 13.2 Å². The van der Waals surface area contributed by atoms with Gasteiger partial charge in [-0.15, -0.1) is 0 Å². The van der Waals surface area contributed by atoms with Gasteiger partial charge < -0.3 is 15.4 Å². The van der Waals surface area contributed by atoms with Crippen LogP contribution >= 0.6 is 0 Å². The number of nitrogens with zero attached hydrogens (tertiary/aromatic N) is 1. The molecule has 0 saturated carbocycles. The third-order valence-electron chi connectivity index (χ3n) is 3.51. The average molecular weight is 198 g/mol. The molecule has 82 valence electrons. The Kier molecular flexibility index (Phi) is 3.79. The quantitative estimate of drug-likeness (QED) is 0.722. The molecule has 0 aromatic heterocycles. The zero-order valence-corrected chi connectivity index (χ0v) is 8.95. The van der Waals surface area contributed by atoms with Gasteiger partial charge in [0.25, 0.3) is 0 Å². The topological polar surface area (TPSA) is 38.5 Å². The zero-order valence-electron chi connectivity index (χ0n) is 8.95. The highest BCUT2D eigenvalue weighted by Crippen LogP contribution is 2.21. The van der Waals surface area contributed by atoms with Crippen molar-refractivity contribution in [2.75, 3.05) is 39.4 Å². The molecule has 3 nitrogen and oxygen atoms in total. The third-order valence-corrected chi connectivity index (χ3v) is 3.51. The molecule has 2 saturated heterocycles. The fourth-order valence-corrected chi connectivity index (χ4v) is 2.45. The van der Waals surface area contributed by atoms with Gasteiger partial charge in [-0.3, -0.25) is 0 Å².